The van der Waals surface area contributed by atoms with E-state index in [0.29, 0.717) is 35.8 Å². The first-order valence-corrected chi connectivity index (χ1v) is 12.6. The summed E-state index contributed by atoms with van der Waals surface area (Å²) in [5, 5.41) is 43.0. The van der Waals surface area contributed by atoms with Gasteiger partial charge in [-0.25, -0.2) is 0 Å². The van der Waals surface area contributed by atoms with E-state index in [4.69, 9.17) is 29.3 Å². The third kappa shape index (κ3) is 16.0. The monoisotopic (exact) mass is 711 g/mol. The number of carboxylic acids is 2. The summed E-state index contributed by atoms with van der Waals surface area (Å²) in [6, 6.07) is 31.4. The molecule has 4 N–H and O–H groups in total. The fourth-order valence-corrected chi connectivity index (χ4v) is 3.15. The Labute approximate surface area is 277 Å². The van der Waals surface area contributed by atoms with Gasteiger partial charge in [0.05, 0.1) is 6.21 Å². The molecule has 4 rings (SSSR count). The predicted octanol–water partition coefficient (Wildman–Crippen LogP) is 6.07. The van der Waals surface area contributed by atoms with Crippen LogP contribution in [0.1, 0.15) is 36.1 Å². The van der Waals surface area contributed by atoms with E-state index in [0.717, 1.165) is 25.0 Å². The van der Waals surface area contributed by atoms with Crippen molar-refractivity contribution >= 4 is 24.1 Å². The summed E-state index contributed by atoms with van der Waals surface area (Å²) in [4.78, 5) is 18.0. The molecule has 4 aromatic rings. The van der Waals surface area contributed by atoms with Gasteiger partial charge in [0.1, 0.15) is 30.5 Å². The molecule has 0 bridgehead atoms. The zero-order valence-electron chi connectivity index (χ0n) is 23.7. The van der Waals surface area contributed by atoms with Gasteiger partial charge in [0.2, 0.25) is 5.90 Å². The van der Waals surface area contributed by atoms with E-state index in [1.807, 2.05) is 60.7 Å². The number of aliphatic carboxylic acids is 2. The van der Waals surface area contributed by atoms with Crippen molar-refractivity contribution in [2.24, 2.45) is 10.2 Å². The summed E-state index contributed by atoms with van der Waals surface area (Å²) in [5.41, 5.74) is 2.92. The molecular formula is C32H32LaN2O8. The molecule has 0 spiro atoms. The van der Waals surface area contributed by atoms with Crippen molar-refractivity contribution in [3.8, 4) is 17.2 Å². The molecule has 0 saturated carbocycles. The van der Waals surface area contributed by atoms with Crippen LogP contribution in [0.5, 0.6) is 17.2 Å². The van der Waals surface area contributed by atoms with Crippen molar-refractivity contribution in [1.29, 1.82) is 0 Å². The molecule has 0 heterocycles. The van der Waals surface area contributed by atoms with E-state index in [9.17, 15) is 10.2 Å². The summed E-state index contributed by atoms with van der Waals surface area (Å²) < 4.78 is 11.9. The number of rotatable bonds is 9. The third-order valence-electron chi connectivity index (χ3n) is 4.92. The van der Waals surface area contributed by atoms with Gasteiger partial charge in [-0.3, -0.25) is 9.59 Å². The number of phenolic OH excluding ortho intramolecular Hbond substituents is 1. The Kier molecular flexibility index (Phi) is 17.4. The number of aromatic hydroxyl groups is 1. The van der Waals surface area contributed by atoms with Gasteiger partial charge in [-0.1, -0.05) is 72.8 Å². The first-order chi connectivity index (χ1) is 20.1. The summed E-state index contributed by atoms with van der Waals surface area (Å²) in [5.74, 6) is -0.845. The second kappa shape index (κ2) is 20.4. The van der Waals surface area contributed by atoms with Crippen LogP contribution in [0.15, 0.2) is 113 Å². The molecule has 0 fully saturated rings. The zero-order valence-corrected chi connectivity index (χ0v) is 27.3. The Bertz CT molecular complexity index is 1400. The molecule has 11 heteroatoms. The zero-order chi connectivity index (χ0) is 30.7. The normalized spacial score (nSPS) is 10.2. The van der Waals surface area contributed by atoms with Crippen LogP contribution in [0, 0.1) is 35.6 Å². The molecule has 10 nitrogen and oxygen atoms in total. The van der Waals surface area contributed by atoms with Gasteiger partial charge in [-0.05, 0) is 35.4 Å². The van der Waals surface area contributed by atoms with Crippen molar-refractivity contribution in [2.45, 2.75) is 27.1 Å². The van der Waals surface area contributed by atoms with E-state index in [1.165, 1.54) is 6.21 Å². The quantitative estimate of drug-likeness (QED) is 0.0926. The van der Waals surface area contributed by atoms with Gasteiger partial charge in [0.25, 0.3) is 11.9 Å². The molecule has 0 aliphatic carbocycles. The number of ether oxygens (including phenoxy) is 2. The van der Waals surface area contributed by atoms with Crippen LogP contribution >= 0.6 is 0 Å². The van der Waals surface area contributed by atoms with Crippen LogP contribution in [-0.2, 0) is 22.8 Å². The van der Waals surface area contributed by atoms with E-state index in [-0.39, 0.29) is 47.2 Å². The van der Waals surface area contributed by atoms with Crippen LogP contribution in [0.4, 0.5) is 0 Å². The number of hydrogen-bond acceptors (Lipinski definition) is 7. The number of phenols is 1. The average molecular weight is 712 g/mol. The molecule has 0 amide bonds. The van der Waals surface area contributed by atoms with Gasteiger partial charge >= 0.3 is 0 Å². The molecular weight excluding hydrogens is 679 g/mol. The Hall–Kier alpha value is -4.45. The molecule has 0 saturated heterocycles. The van der Waals surface area contributed by atoms with Gasteiger partial charge in [0.15, 0.2) is 0 Å². The maximum absolute atomic E-state index is 10.5. The van der Waals surface area contributed by atoms with Crippen LogP contribution < -0.4 is 9.47 Å². The number of aliphatic hydroxyl groups excluding tert-OH is 1. The number of nitrogens with zero attached hydrogens (tertiary/aromatic N) is 2. The standard InChI is InChI=1S/C28H24N2O4.2C2H4O2.La/c31-27-14-8-7-13-23(27)18-29-30-28(32)24-15-25(33-19-21-9-3-1-4-10-21)17-26(16-24)34-20-22-11-5-2-6-12-22;2*1-2(3)4;/h1-18,31H,19-20H2,(H,30,32);2*1H3,(H,3,4);/b29-18+;;;. The number of benzene rings is 4. The Morgan fingerprint density at radius 1 is 0.698 bits per heavy atom. The fraction of sp³-hybridized carbons (Fsp3) is 0.125. The SMILES string of the molecule is CC(=O)O.CC(=O)O.O/C(=N/N=C/c1ccccc1O)c1cc(OCc2ccccc2)cc(OCc2ccccc2)c1.[La]. The summed E-state index contributed by atoms with van der Waals surface area (Å²) >= 11 is 0. The molecule has 1 radical (unpaired) electrons. The second-order valence-electron chi connectivity index (χ2n) is 8.51. The Balaban J connectivity index is 0.000000917. The van der Waals surface area contributed by atoms with Gasteiger partial charge in [0, 0.05) is 66.6 Å². The van der Waals surface area contributed by atoms with Crippen molar-refractivity contribution in [2.75, 3.05) is 0 Å². The van der Waals surface area contributed by atoms with Crippen LogP contribution in [-0.4, -0.2) is 44.5 Å². The first kappa shape index (κ1) is 36.6. The van der Waals surface area contributed by atoms with E-state index in [2.05, 4.69) is 10.2 Å². The number of hydrogen-bond donors (Lipinski definition) is 4. The fourth-order valence-electron chi connectivity index (χ4n) is 3.15. The average Bonchev–Trinajstić information content (AvgIpc) is 2.96. The van der Waals surface area contributed by atoms with Gasteiger partial charge in [-0.2, -0.15) is 5.10 Å². The number of carbonyl (C=O) groups is 2. The molecule has 43 heavy (non-hydrogen) atoms. The maximum atomic E-state index is 10.5. The molecule has 0 aliphatic rings. The predicted molar refractivity (Wildman–Crippen MR) is 159 cm³/mol. The molecule has 0 atom stereocenters. The Morgan fingerprint density at radius 2 is 1.12 bits per heavy atom. The summed E-state index contributed by atoms with van der Waals surface area (Å²) in [6.45, 7) is 2.90. The van der Waals surface area contributed by atoms with Gasteiger partial charge in [-0.15, -0.1) is 5.10 Å². The number of carboxylic acid groups (broad SMARTS) is 2. The smallest absolute Gasteiger partial charge is 0.300 e. The van der Waals surface area contributed by atoms with Crippen LogP contribution in [0.2, 0.25) is 0 Å². The third-order valence-corrected chi connectivity index (χ3v) is 4.92. The van der Waals surface area contributed by atoms with Gasteiger partial charge < -0.3 is 29.9 Å². The van der Waals surface area contributed by atoms with Crippen LogP contribution in [0.3, 0.4) is 0 Å². The summed E-state index contributed by atoms with van der Waals surface area (Å²) in [6.07, 6.45) is 1.37. The Morgan fingerprint density at radius 3 is 1.56 bits per heavy atom. The minimum absolute atomic E-state index is 0. The van der Waals surface area contributed by atoms with E-state index in [1.54, 1.807) is 42.5 Å². The maximum Gasteiger partial charge on any atom is 0.300 e. The molecule has 0 unspecified atom stereocenters. The van der Waals surface area contributed by atoms with E-state index < -0.39 is 11.9 Å². The van der Waals surface area contributed by atoms with Crippen molar-refractivity contribution < 1.29 is 75.1 Å². The molecule has 221 valence electrons. The number of aliphatic hydroxyl groups is 1. The number of para-hydroxylation sites is 1. The van der Waals surface area contributed by atoms with Crippen LogP contribution in [0.25, 0.3) is 0 Å². The minimum Gasteiger partial charge on any atom is -0.507 e. The van der Waals surface area contributed by atoms with Crippen molar-refractivity contribution in [3.63, 3.8) is 0 Å². The largest absolute Gasteiger partial charge is 0.507 e. The van der Waals surface area contributed by atoms with E-state index >= 15 is 0 Å². The molecule has 4 aromatic carbocycles. The minimum atomic E-state index is -0.833. The molecule has 0 aromatic heterocycles. The van der Waals surface area contributed by atoms with Crippen molar-refractivity contribution in [3.05, 3.63) is 125 Å². The van der Waals surface area contributed by atoms with Crippen molar-refractivity contribution in [1.82, 2.24) is 0 Å². The molecule has 0 aliphatic heterocycles. The first-order valence-electron chi connectivity index (χ1n) is 12.6. The topological polar surface area (TPSA) is 158 Å². The second-order valence-corrected chi connectivity index (χ2v) is 8.51. The summed E-state index contributed by atoms with van der Waals surface area (Å²) in [7, 11) is 0.